The van der Waals surface area contributed by atoms with Crippen LogP contribution in [0, 0.1) is 5.92 Å². The topological polar surface area (TPSA) is 56.1 Å². The number of esters is 1. The molecule has 2 aromatic rings. The summed E-state index contributed by atoms with van der Waals surface area (Å²) in [6.45, 7) is 1.62. The van der Waals surface area contributed by atoms with E-state index in [1.54, 1.807) is 0 Å². The average Bonchev–Trinajstić information content (AvgIpc) is 3.08. The largest absolute Gasteiger partial charge is 0.469 e. The first-order valence-electron chi connectivity index (χ1n) is 8.61. The van der Waals surface area contributed by atoms with Crippen molar-refractivity contribution in [2.75, 3.05) is 7.11 Å². The van der Waals surface area contributed by atoms with Crippen molar-refractivity contribution in [1.29, 1.82) is 0 Å². The zero-order valence-corrected chi connectivity index (χ0v) is 14.1. The Morgan fingerprint density at radius 3 is 2.67 bits per heavy atom. The number of methoxy groups -OCH3 is 1. The molecule has 0 bridgehead atoms. The highest BCUT2D eigenvalue weighted by atomic mass is 16.5. The van der Waals surface area contributed by atoms with Gasteiger partial charge in [0, 0.05) is 24.3 Å². The maximum atomic E-state index is 11.6. The summed E-state index contributed by atoms with van der Waals surface area (Å²) < 4.78 is 6.81. The third kappa shape index (κ3) is 4.45. The molecule has 3 rings (SSSR count). The SMILES string of the molecule is COC(=O)C1CCC(NCc2cnn(Cc3ccccc3)c2)CC1. The Kier molecular flexibility index (Phi) is 5.64. The summed E-state index contributed by atoms with van der Waals surface area (Å²) in [5.41, 5.74) is 2.45. The summed E-state index contributed by atoms with van der Waals surface area (Å²) in [4.78, 5) is 11.6. The molecule has 0 spiro atoms. The van der Waals surface area contributed by atoms with Crippen molar-refractivity contribution in [3.8, 4) is 0 Å². The van der Waals surface area contributed by atoms with Crippen LogP contribution in [-0.4, -0.2) is 28.9 Å². The standard InChI is InChI=1S/C19H25N3O2/c1-24-19(23)17-7-9-18(10-8-17)20-11-16-12-21-22(14-16)13-15-5-3-2-4-6-15/h2-6,12,14,17-18,20H,7-11,13H2,1H3. The van der Waals surface area contributed by atoms with Crippen LogP contribution in [0.15, 0.2) is 42.7 Å². The Morgan fingerprint density at radius 1 is 1.21 bits per heavy atom. The molecular formula is C19H25N3O2. The molecule has 0 unspecified atom stereocenters. The molecule has 1 aromatic carbocycles. The van der Waals surface area contributed by atoms with Gasteiger partial charge in [-0.2, -0.15) is 5.10 Å². The number of hydrogen-bond acceptors (Lipinski definition) is 4. The minimum absolute atomic E-state index is 0.0596. The third-order valence-corrected chi connectivity index (χ3v) is 4.73. The fourth-order valence-corrected chi connectivity index (χ4v) is 3.32. The molecule has 1 aliphatic rings. The molecule has 0 aliphatic heterocycles. The molecule has 24 heavy (non-hydrogen) atoms. The Balaban J connectivity index is 1.44. The highest BCUT2D eigenvalue weighted by Crippen LogP contribution is 2.25. The van der Waals surface area contributed by atoms with Crippen LogP contribution >= 0.6 is 0 Å². The smallest absolute Gasteiger partial charge is 0.308 e. The molecule has 1 fully saturated rings. The van der Waals surface area contributed by atoms with Crippen molar-refractivity contribution in [2.45, 2.75) is 44.8 Å². The van der Waals surface area contributed by atoms with Crippen LogP contribution in [0.1, 0.15) is 36.8 Å². The first-order chi connectivity index (χ1) is 11.7. The van der Waals surface area contributed by atoms with E-state index in [2.05, 4.69) is 28.7 Å². The Labute approximate surface area is 143 Å². The Morgan fingerprint density at radius 2 is 1.96 bits per heavy atom. The van der Waals surface area contributed by atoms with E-state index in [9.17, 15) is 4.79 Å². The summed E-state index contributed by atoms with van der Waals surface area (Å²) >= 11 is 0. The molecule has 1 aromatic heterocycles. The summed E-state index contributed by atoms with van der Waals surface area (Å²) in [5.74, 6) is 0.0253. The van der Waals surface area contributed by atoms with Crippen molar-refractivity contribution in [3.05, 3.63) is 53.9 Å². The number of rotatable bonds is 6. The van der Waals surface area contributed by atoms with Gasteiger partial charge in [-0.25, -0.2) is 0 Å². The minimum atomic E-state index is -0.0596. The zero-order chi connectivity index (χ0) is 16.8. The van der Waals surface area contributed by atoms with E-state index in [1.165, 1.54) is 18.2 Å². The predicted molar refractivity (Wildman–Crippen MR) is 92.4 cm³/mol. The molecule has 1 N–H and O–H groups in total. The van der Waals surface area contributed by atoms with E-state index in [0.29, 0.717) is 6.04 Å². The predicted octanol–water partition coefficient (Wildman–Crippen LogP) is 2.75. The van der Waals surface area contributed by atoms with E-state index < -0.39 is 0 Å². The van der Waals surface area contributed by atoms with E-state index in [0.717, 1.165) is 38.8 Å². The molecule has 1 heterocycles. The van der Waals surface area contributed by atoms with Gasteiger partial charge >= 0.3 is 5.97 Å². The number of nitrogens with one attached hydrogen (secondary N) is 1. The molecule has 5 nitrogen and oxygen atoms in total. The highest BCUT2D eigenvalue weighted by molar-refractivity contribution is 5.72. The number of benzene rings is 1. The number of aromatic nitrogens is 2. The van der Waals surface area contributed by atoms with E-state index in [-0.39, 0.29) is 11.9 Å². The number of nitrogens with zero attached hydrogens (tertiary/aromatic N) is 2. The summed E-state index contributed by atoms with van der Waals surface area (Å²) in [6.07, 6.45) is 7.90. The molecule has 0 amide bonds. The highest BCUT2D eigenvalue weighted by Gasteiger charge is 2.26. The lowest BCUT2D eigenvalue weighted by molar-refractivity contribution is -0.146. The van der Waals surface area contributed by atoms with Gasteiger partial charge in [-0.3, -0.25) is 9.48 Å². The quantitative estimate of drug-likeness (QED) is 0.829. The van der Waals surface area contributed by atoms with Gasteiger partial charge in [0.05, 0.1) is 25.8 Å². The summed E-state index contributed by atoms with van der Waals surface area (Å²) in [6, 6.07) is 10.8. The first kappa shape index (κ1) is 16.7. The zero-order valence-electron chi connectivity index (χ0n) is 14.1. The fourth-order valence-electron chi connectivity index (χ4n) is 3.32. The molecule has 1 aliphatic carbocycles. The minimum Gasteiger partial charge on any atom is -0.469 e. The van der Waals surface area contributed by atoms with Gasteiger partial charge in [-0.1, -0.05) is 30.3 Å². The average molecular weight is 327 g/mol. The molecule has 5 heteroatoms. The number of hydrogen-bond donors (Lipinski definition) is 1. The lowest BCUT2D eigenvalue weighted by Crippen LogP contribution is -2.34. The maximum absolute atomic E-state index is 11.6. The first-order valence-corrected chi connectivity index (χ1v) is 8.61. The van der Waals surface area contributed by atoms with Crippen LogP contribution in [-0.2, 0) is 22.6 Å². The van der Waals surface area contributed by atoms with Crippen LogP contribution in [0.5, 0.6) is 0 Å². The molecule has 128 valence electrons. The normalized spacial score (nSPS) is 20.7. The lowest BCUT2D eigenvalue weighted by atomic mass is 9.86. The van der Waals surface area contributed by atoms with Crippen molar-refractivity contribution in [1.82, 2.24) is 15.1 Å². The Hall–Kier alpha value is -2.14. The van der Waals surface area contributed by atoms with Crippen LogP contribution in [0.4, 0.5) is 0 Å². The van der Waals surface area contributed by atoms with Crippen LogP contribution < -0.4 is 5.32 Å². The van der Waals surface area contributed by atoms with Crippen molar-refractivity contribution in [2.24, 2.45) is 5.92 Å². The second kappa shape index (κ2) is 8.11. The number of ether oxygens (including phenoxy) is 1. The van der Waals surface area contributed by atoms with Crippen molar-refractivity contribution < 1.29 is 9.53 Å². The molecule has 0 saturated heterocycles. The van der Waals surface area contributed by atoms with Crippen molar-refractivity contribution >= 4 is 5.97 Å². The second-order valence-corrected chi connectivity index (χ2v) is 6.48. The van der Waals surface area contributed by atoms with Gasteiger partial charge in [0.25, 0.3) is 0 Å². The molecular weight excluding hydrogens is 302 g/mol. The number of carbonyl (C=O) groups excluding carboxylic acids is 1. The van der Waals surface area contributed by atoms with Crippen LogP contribution in [0.3, 0.4) is 0 Å². The summed E-state index contributed by atoms with van der Waals surface area (Å²) in [7, 11) is 1.47. The second-order valence-electron chi connectivity index (χ2n) is 6.48. The fraction of sp³-hybridized carbons (Fsp3) is 0.474. The number of carbonyl (C=O) groups is 1. The molecule has 1 saturated carbocycles. The van der Waals surface area contributed by atoms with Crippen LogP contribution in [0.25, 0.3) is 0 Å². The maximum Gasteiger partial charge on any atom is 0.308 e. The third-order valence-electron chi connectivity index (χ3n) is 4.73. The lowest BCUT2D eigenvalue weighted by Gasteiger charge is -2.27. The molecule has 0 radical (unpaired) electrons. The van der Waals surface area contributed by atoms with Crippen molar-refractivity contribution in [3.63, 3.8) is 0 Å². The van der Waals surface area contributed by atoms with Gasteiger partial charge in [0.1, 0.15) is 0 Å². The van der Waals surface area contributed by atoms with Crippen LogP contribution in [0.2, 0.25) is 0 Å². The Bertz CT molecular complexity index is 646. The monoisotopic (exact) mass is 327 g/mol. The molecule has 0 atom stereocenters. The van der Waals surface area contributed by atoms with Gasteiger partial charge in [-0.15, -0.1) is 0 Å². The van der Waals surface area contributed by atoms with E-state index in [4.69, 9.17) is 4.74 Å². The summed E-state index contributed by atoms with van der Waals surface area (Å²) in [5, 5.41) is 8.02. The van der Waals surface area contributed by atoms with Gasteiger partial charge < -0.3 is 10.1 Å². The van der Waals surface area contributed by atoms with E-state index in [1.807, 2.05) is 29.1 Å². The van der Waals surface area contributed by atoms with Gasteiger partial charge in [0.2, 0.25) is 0 Å². The van der Waals surface area contributed by atoms with E-state index >= 15 is 0 Å². The van der Waals surface area contributed by atoms with Gasteiger partial charge in [0.15, 0.2) is 0 Å². The van der Waals surface area contributed by atoms with Gasteiger partial charge in [-0.05, 0) is 31.2 Å².